The number of aliphatic hydroxyl groups excluding tert-OH is 2. The summed E-state index contributed by atoms with van der Waals surface area (Å²) in [7, 11) is 0. The number of fused-ring (bicyclic) bond motifs is 1. The third kappa shape index (κ3) is 5.99. The molecule has 2 aromatic carbocycles. The van der Waals surface area contributed by atoms with E-state index in [2.05, 4.69) is 20.1 Å². The first-order valence-electron chi connectivity index (χ1n) is 12.8. The Hall–Kier alpha value is -3.70. The summed E-state index contributed by atoms with van der Waals surface area (Å²) in [5.74, 6) is 0.208. The van der Waals surface area contributed by atoms with Gasteiger partial charge in [0.25, 0.3) is 0 Å². The number of amides is 1. The number of aliphatic hydroxyl groups is 2. The minimum absolute atomic E-state index is 0.0851. The number of ether oxygens (including phenoxy) is 1. The number of nitrogens with zero attached hydrogens (tertiary/aromatic N) is 4. The summed E-state index contributed by atoms with van der Waals surface area (Å²) in [5.41, 5.74) is 10.6. The zero-order chi connectivity index (χ0) is 27.4. The van der Waals surface area contributed by atoms with Gasteiger partial charge in [-0.2, -0.15) is 0 Å². The summed E-state index contributed by atoms with van der Waals surface area (Å²) in [6.45, 7) is 1.62. The maximum atomic E-state index is 13.2. The van der Waals surface area contributed by atoms with Gasteiger partial charge in [-0.05, 0) is 29.7 Å². The number of H-pyrrole nitrogens is 1. The molecule has 0 spiro atoms. The SMILES string of the molecule is N[C@H](Cc1ccc(Cl)cc1)C(=O)N1CCN(c2c(-c3ccccc3)cnc3[nH]nc(OC[C@@H](O)CO)c23)CC1. The van der Waals surface area contributed by atoms with E-state index in [1.807, 2.05) is 47.4 Å². The number of carbonyl (C=O) groups excluding carboxylic acids is 1. The van der Waals surface area contributed by atoms with Crippen molar-refractivity contribution >= 4 is 34.2 Å². The molecule has 3 heterocycles. The number of anilines is 1. The average molecular weight is 551 g/mol. The number of halogens is 1. The van der Waals surface area contributed by atoms with Crippen molar-refractivity contribution in [3.63, 3.8) is 0 Å². The summed E-state index contributed by atoms with van der Waals surface area (Å²) in [4.78, 5) is 21.7. The molecule has 5 N–H and O–H groups in total. The van der Waals surface area contributed by atoms with E-state index in [4.69, 9.17) is 22.1 Å². The Balaban J connectivity index is 1.39. The third-order valence-corrected chi connectivity index (χ3v) is 7.08. The van der Waals surface area contributed by atoms with Crippen molar-refractivity contribution in [1.82, 2.24) is 20.1 Å². The van der Waals surface area contributed by atoms with E-state index in [9.17, 15) is 15.0 Å². The Morgan fingerprint density at radius 1 is 1.10 bits per heavy atom. The van der Waals surface area contributed by atoms with E-state index in [-0.39, 0.29) is 12.5 Å². The van der Waals surface area contributed by atoms with Gasteiger partial charge in [-0.1, -0.05) is 54.1 Å². The first-order valence-corrected chi connectivity index (χ1v) is 13.2. The molecule has 1 aliphatic heterocycles. The standard InChI is InChI=1S/C28H31ClN6O4/c29-20-8-6-18(7-9-20)14-23(30)28(38)35-12-10-34(11-13-35)25-22(19-4-2-1-3-5-19)15-31-26-24(25)27(33-32-26)39-17-21(37)16-36/h1-9,15,21,23,36-37H,10-14,16-17,30H2,(H,31,32,33)/t21-,23+/m0/s1. The number of benzene rings is 2. The molecule has 1 amide bonds. The fraction of sp³-hybridized carbons (Fsp3) is 0.321. The average Bonchev–Trinajstić information content (AvgIpc) is 3.39. The van der Waals surface area contributed by atoms with Crippen LogP contribution in [0.2, 0.25) is 5.02 Å². The highest BCUT2D eigenvalue weighted by Gasteiger charge is 2.29. The van der Waals surface area contributed by atoms with E-state index >= 15 is 0 Å². The molecular formula is C28H31ClN6O4. The molecule has 0 bridgehead atoms. The van der Waals surface area contributed by atoms with Crippen molar-refractivity contribution in [1.29, 1.82) is 0 Å². The van der Waals surface area contributed by atoms with Gasteiger partial charge in [-0.3, -0.25) is 9.89 Å². The monoisotopic (exact) mass is 550 g/mol. The lowest BCUT2D eigenvalue weighted by molar-refractivity contribution is -0.132. The van der Waals surface area contributed by atoms with Crippen molar-refractivity contribution in [2.24, 2.45) is 5.73 Å². The Bertz CT molecular complexity index is 1410. The fourth-order valence-corrected chi connectivity index (χ4v) is 4.91. The van der Waals surface area contributed by atoms with Crippen LogP contribution in [0.3, 0.4) is 0 Å². The van der Waals surface area contributed by atoms with E-state index in [1.54, 1.807) is 18.3 Å². The lowest BCUT2D eigenvalue weighted by Gasteiger charge is -2.38. The Labute approximate surface area is 231 Å². The zero-order valence-electron chi connectivity index (χ0n) is 21.3. The van der Waals surface area contributed by atoms with Crippen LogP contribution >= 0.6 is 11.6 Å². The lowest BCUT2D eigenvalue weighted by Crippen LogP contribution is -2.53. The number of nitrogens with one attached hydrogen (secondary N) is 1. The van der Waals surface area contributed by atoms with Crippen LogP contribution in [0.15, 0.2) is 60.8 Å². The van der Waals surface area contributed by atoms with E-state index < -0.39 is 18.8 Å². The van der Waals surface area contributed by atoms with E-state index in [0.717, 1.165) is 22.4 Å². The minimum atomic E-state index is -1.03. The van der Waals surface area contributed by atoms with Crippen LogP contribution in [0.4, 0.5) is 5.69 Å². The maximum Gasteiger partial charge on any atom is 0.244 e. The van der Waals surface area contributed by atoms with Crippen LogP contribution in [-0.4, -0.2) is 87.7 Å². The van der Waals surface area contributed by atoms with Gasteiger partial charge in [0.1, 0.15) is 18.1 Å². The molecule has 2 aromatic heterocycles. The lowest BCUT2D eigenvalue weighted by atomic mass is 10.0. The van der Waals surface area contributed by atoms with Crippen molar-refractivity contribution in [2.75, 3.05) is 44.3 Å². The molecule has 204 valence electrons. The largest absolute Gasteiger partial charge is 0.473 e. The van der Waals surface area contributed by atoms with Gasteiger partial charge in [0.15, 0.2) is 5.65 Å². The molecular weight excluding hydrogens is 520 g/mol. The quantitative estimate of drug-likeness (QED) is 0.249. The number of nitrogens with two attached hydrogens (primary N) is 1. The van der Waals surface area contributed by atoms with E-state index in [1.165, 1.54) is 0 Å². The van der Waals surface area contributed by atoms with Gasteiger partial charge < -0.3 is 30.5 Å². The molecule has 0 aliphatic carbocycles. The summed E-state index contributed by atoms with van der Waals surface area (Å²) in [5, 5.41) is 27.5. The van der Waals surface area contributed by atoms with Crippen LogP contribution in [0.5, 0.6) is 5.88 Å². The Morgan fingerprint density at radius 2 is 1.82 bits per heavy atom. The predicted molar refractivity (Wildman–Crippen MR) is 150 cm³/mol. The third-order valence-electron chi connectivity index (χ3n) is 6.83. The van der Waals surface area contributed by atoms with Crippen LogP contribution < -0.4 is 15.4 Å². The number of hydrogen-bond acceptors (Lipinski definition) is 8. The molecule has 4 aromatic rings. The highest BCUT2D eigenvalue weighted by molar-refractivity contribution is 6.30. The van der Waals surface area contributed by atoms with Crippen molar-refractivity contribution in [2.45, 2.75) is 18.6 Å². The molecule has 0 unspecified atom stereocenters. The smallest absolute Gasteiger partial charge is 0.244 e. The number of piperazine rings is 1. The highest BCUT2D eigenvalue weighted by Crippen LogP contribution is 2.40. The first-order chi connectivity index (χ1) is 18.9. The number of rotatable bonds is 9. The van der Waals surface area contributed by atoms with Crippen molar-refractivity contribution in [3.05, 3.63) is 71.4 Å². The minimum Gasteiger partial charge on any atom is -0.473 e. The second-order valence-corrected chi connectivity index (χ2v) is 9.97. The van der Waals surface area contributed by atoms with Gasteiger partial charge in [0.05, 0.1) is 18.3 Å². The molecule has 1 saturated heterocycles. The maximum absolute atomic E-state index is 13.2. The molecule has 11 heteroatoms. The molecule has 1 fully saturated rings. The summed E-state index contributed by atoms with van der Waals surface area (Å²) in [6, 6.07) is 16.6. The summed E-state index contributed by atoms with van der Waals surface area (Å²) >= 11 is 5.97. The predicted octanol–water partition coefficient (Wildman–Crippen LogP) is 2.23. The molecule has 2 atom stereocenters. The van der Waals surface area contributed by atoms with Crippen LogP contribution in [0.25, 0.3) is 22.2 Å². The fourth-order valence-electron chi connectivity index (χ4n) is 4.78. The van der Waals surface area contributed by atoms with Gasteiger partial charge in [-0.15, -0.1) is 5.10 Å². The number of aromatic amines is 1. The number of pyridine rings is 1. The highest BCUT2D eigenvalue weighted by atomic mass is 35.5. The molecule has 0 saturated carbocycles. The molecule has 39 heavy (non-hydrogen) atoms. The molecule has 0 radical (unpaired) electrons. The second-order valence-electron chi connectivity index (χ2n) is 9.54. The summed E-state index contributed by atoms with van der Waals surface area (Å²) in [6.07, 6.45) is 1.21. The van der Waals surface area contributed by atoms with Crippen LogP contribution in [0.1, 0.15) is 5.56 Å². The zero-order valence-corrected chi connectivity index (χ0v) is 22.1. The van der Waals surface area contributed by atoms with Gasteiger partial charge >= 0.3 is 0 Å². The normalized spacial score (nSPS) is 15.4. The topological polar surface area (TPSA) is 141 Å². The first kappa shape index (κ1) is 26.9. The number of aromatic nitrogens is 3. The molecule has 1 aliphatic rings. The molecule has 5 rings (SSSR count). The van der Waals surface area contributed by atoms with Crippen LogP contribution in [-0.2, 0) is 11.2 Å². The van der Waals surface area contributed by atoms with E-state index in [0.29, 0.717) is 54.5 Å². The van der Waals surface area contributed by atoms with Gasteiger partial charge in [-0.25, -0.2) is 4.98 Å². The Morgan fingerprint density at radius 3 is 2.51 bits per heavy atom. The van der Waals surface area contributed by atoms with Crippen molar-refractivity contribution < 1.29 is 19.7 Å². The number of hydrogen-bond donors (Lipinski definition) is 4. The molecule has 10 nitrogen and oxygen atoms in total. The summed E-state index contributed by atoms with van der Waals surface area (Å²) < 4.78 is 5.78. The second kappa shape index (κ2) is 12.0. The van der Waals surface area contributed by atoms with Crippen LogP contribution in [0, 0.1) is 0 Å². The Kier molecular flexibility index (Phi) is 8.27. The number of carbonyl (C=O) groups is 1. The van der Waals surface area contributed by atoms with Crippen molar-refractivity contribution in [3.8, 4) is 17.0 Å². The van der Waals surface area contributed by atoms with Gasteiger partial charge in [0.2, 0.25) is 11.8 Å². The van der Waals surface area contributed by atoms with Gasteiger partial charge in [0, 0.05) is 43.0 Å².